The minimum atomic E-state index is -3.88. The first-order chi connectivity index (χ1) is 17.3. The molecule has 0 saturated carbocycles. The number of fused-ring (bicyclic) bond motifs is 1. The van der Waals surface area contributed by atoms with Crippen molar-refractivity contribution < 1.29 is 27.4 Å². The highest BCUT2D eigenvalue weighted by molar-refractivity contribution is 7.93. The van der Waals surface area contributed by atoms with E-state index in [4.69, 9.17) is 9.47 Å². The van der Waals surface area contributed by atoms with E-state index in [0.29, 0.717) is 31.0 Å². The molecule has 0 N–H and O–H groups in total. The fourth-order valence-corrected chi connectivity index (χ4v) is 5.33. The normalized spacial score (nSPS) is 12.9. The van der Waals surface area contributed by atoms with Gasteiger partial charge in [0.15, 0.2) is 4.90 Å². The molecule has 0 aliphatic carbocycles. The van der Waals surface area contributed by atoms with Crippen molar-refractivity contribution in [2.75, 3.05) is 31.2 Å². The number of esters is 1. The number of thiazole rings is 1. The molecule has 194 valence electrons. The molecule has 1 aliphatic rings. The highest BCUT2D eigenvalue weighted by Crippen LogP contribution is 2.38. The van der Waals surface area contributed by atoms with Gasteiger partial charge < -0.3 is 14.2 Å². The average molecular weight is 535 g/mol. The Labute approximate surface area is 215 Å². The van der Waals surface area contributed by atoms with Gasteiger partial charge >= 0.3 is 5.97 Å². The molecule has 2 aromatic heterocycles. The first-order valence-electron chi connectivity index (χ1n) is 11.5. The van der Waals surface area contributed by atoms with Gasteiger partial charge in [-0.15, -0.1) is 16.4 Å². The molecule has 36 heavy (non-hydrogen) atoms. The Kier molecular flexibility index (Phi) is 9.48. The summed E-state index contributed by atoms with van der Waals surface area (Å²) < 4.78 is 45.5. The Hall–Kier alpha value is -3.38. The smallest absolute Gasteiger partial charge is 0.305 e. The van der Waals surface area contributed by atoms with E-state index < -0.39 is 10.0 Å². The third-order valence-corrected chi connectivity index (χ3v) is 7.60. The van der Waals surface area contributed by atoms with Crippen LogP contribution >= 0.6 is 11.3 Å². The molecule has 0 spiro atoms. The Morgan fingerprint density at radius 3 is 2.67 bits per heavy atom. The van der Waals surface area contributed by atoms with Gasteiger partial charge in [0, 0.05) is 30.7 Å². The molecule has 0 atom stereocenters. The summed E-state index contributed by atoms with van der Waals surface area (Å²) in [6.07, 6.45) is 7.52. The number of hydrogen-bond acceptors (Lipinski definition) is 9. The average Bonchev–Trinajstić information content (AvgIpc) is 3.57. The molecule has 0 amide bonds. The predicted octanol–water partition coefficient (Wildman–Crippen LogP) is 4.09. The van der Waals surface area contributed by atoms with E-state index in [-0.39, 0.29) is 29.9 Å². The van der Waals surface area contributed by atoms with E-state index >= 15 is 0 Å². The SMILES string of the molecule is CCC(=O)OC.CCOc1nn(CC)cc1S(=O)(=O)N1CCOc2ccc(/C=C/c3nccs3)cc21. The molecule has 0 fully saturated rings. The molecular formula is C24H30N4O6S2. The van der Waals surface area contributed by atoms with Crippen LogP contribution in [0.1, 0.15) is 37.8 Å². The van der Waals surface area contributed by atoms with Gasteiger partial charge in [0.2, 0.25) is 0 Å². The number of nitrogens with zero attached hydrogens (tertiary/aromatic N) is 4. The minimum Gasteiger partial charge on any atom is -0.489 e. The molecule has 3 aromatic rings. The van der Waals surface area contributed by atoms with Crippen LogP contribution in [0.3, 0.4) is 0 Å². The lowest BCUT2D eigenvalue weighted by molar-refractivity contribution is -0.140. The van der Waals surface area contributed by atoms with E-state index in [1.165, 1.54) is 28.9 Å². The quantitative estimate of drug-likeness (QED) is 0.397. The van der Waals surface area contributed by atoms with Crippen molar-refractivity contribution in [3.05, 3.63) is 46.5 Å². The Bertz CT molecular complexity index is 1280. The van der Waals surface area contributed by atoms with E-state index in [2.05, 4.69) is 14.8 Å². The second kappa shape index (κ2) is 12.5. The van der Waals surface area contributed by atoms with Crippen molar-refractivity contribution in [2.45, 2.75) is 38.6 Å². The van der Waals surface area contributed by atoms with Crippen LogP contribution in [0.4, 0.5) is 5.69 Å². The number of aromatic nitrogens is 3. The van der Waals surface area contributed by atoms with Crippen molar-refractivity contribution in [1.29, 1.82) is 0 Å². The maximum absolute atomic E-state index is 13.5. The van der Waals surface area contributed by atoms with Gasteiger partial charge in [-0.1, -0.05) is 19.1 Å². The largest absolute Gasteiger partial charge is 0.489 e. The van der Waals surface area contributed by atoms with Gasteiger partial charge in [-0.3, -0.25) is 13.8 Å². The maximum atomic E-state index is 13.5. The molecule has 1 aromatic carbocycles. The Balaban J connectivity index is 0.000000538. The van der Waals surface area contributed by atoms with Gasteiger partial charge in [0.1, 0.15) is 17.4 Å². The summed E-state index contributed by atoms with van der Waals surface area (Å²) in [4.78, 5) is 14.2. The maximum Gasteiger partial charge on any atom is 0.305 e. The van der Waals surface area contributed by atoms with Gasteiger partial charge in [0.05, 0.1) is 25.9 Å². The van der Waals surface area contributed by atoms with Gasteiger partial charge in [-0.25, -0.2) is 13.4 Å². The highest BCUT2D eigenvalue weighted by Gasteiger charge is 2.34. The zero-order valence-corrected chi connectivity index (χ0v) is 22.3. The molecule has 0 radical (unpaired) electrons. The van der Waals surface area contributed by atoms with Crippen molar-refractivity contribution in [2.24, 2.45) is 0 Å². The summed E-state index contributed by atoms with van der Waals surface area (Å²) in [6.45, 7) is 6.79. The predicted molar refractivity (Wildman–Crippen MR) is 139 cm³/mol. The summed E-state index contributed by atoms with van der Waals surface area (Å²) >= 11 is 1.53. The lowest BCUT2D eigenvalue weighted by Crippen LogP contribution is -2.38. The number of carbonyl (C=O) groups excluding carboxylic acids is 1. The van der Waals surface area contributed by atoms with Crippen LogP contribution in [0.5, 0.6) is 11.6 Å². The molecule has 1 aliphatic heterocycles. The zero-order valence-electron chi connectivity index (χ0n) is 20.7. The number of anilines is 1. The molecule has 3 heterocycles. The number of ether oxygens (including phenoxy) is 3. The molecule has 0 saturated heterocycles. The lowest BCUT2D eigenvalue weighted by atomic mass is 10.1. The van der Waals surface area contributed by atoms with Crippen LogP contribution < -0.4 is 13.8 Å². The van der Waals surface area contributed by atoms with E-state index in [0.717, 1.165) is 10.6 Å². The van der Waals surface area contributed by atoms with Crippen LogP contribution in [0, 0.1) is 0 Å². The van der Waals surface area contributed by atoms with Crippen LogP contribution in [-0.4, -0.2) is 56.0 Å². The van der Waals surface area contributed by atoms with Crippen LogP contribution in [0.2, 0.25) is 0 Å². The van der Waals surface area contributed by atoms with E-state index in [1.807, 2.05) is 30.5 Å². The molecule has 4 rings (SSSR count). The monoisotopic (exact) mass is 534 g/mol. The molecule has 0 unspecified atom stereocenters. The number of benzene rings is 1. The van der Waals surface area contributed by atoms with Crippen molar-refractivity contribution in [3.8, 4) is 11.6 Å². The van der Waals surface area contributed by atoms with Crippen LogP contribution in [-0.2, 0) is 26.1 Å². The molecular weight excluding hydrogens is 504 g/mol. The number of rotatable bonds is 8. The van der Waals surface area contributed by atoms with Crippen molar-refractivity contribution in [3.63, 3.8) is 0 Å². The summed E-state index contributed by atoms with van der Waals surface area (Å²) in [6, 6.07) is 5.48. The summed E-state index contributed by atoms with van der Waals surface area (Å²) in [7, 11) is -2.50. The van der Waals surface area contributed by atoms with Crippen LogP contribution in [0.25, 0.3) is 12.2 Å². The van der Waals surface area contributed by atoms with Crippen molar-refractivity contribution >= 4 is 45.2 Å². The standard InChI is InChI=1S/C20H22N4O4S2.C4H8O2/c1-3-23-14-18(20(22-23)27-4-2)30(25,26)24-10-11-28-17-7-5-15(13-16(17)24)6-8-19-21-9-12-29-19;1-3-4(5)6-2/h5-9,12-14H,3-4,10-11H2,1-2H3;3H2,1-2H3/b8-6+;. The summed E-state index contributed by atoms with van der Waals surface area (Å²) in [5.41, 5.74) is 1.35. The molecule has 12 heteroatoms. The summed E-state index contributed by atoms with van der Waals surface area (Å²) in [5.74, 6) is 0.485. The highest BCUT2D eigenvalue weighted by atomic mass is 32.2. The Morgan fingerprint density at radius 1 is 1.25 bits per heavy atom. The van der Waals surface area contributed by atoms with Crippen molar-refractivity contribution in [1.82, 2.24) is 14.8 Å². The van der Waals surface area contributed by atoms with E-state index in [1.54, 1.807) is 36.9 Å². The molecule has 10 nitrogen and oxygen atoms in total. The van der Waals surface area contributed by atoms with Gasteiger partial charge in [-0.05, 0) is 37.6 Å². The third kappa shape index (κ3) is 6.43. The second-order valence-electron chi connectivity index (χ2n) is 7.37. The number of hydrogen-bond donors (Lipinski definition) is 0. The number of sulfonamides is 1. The first-order valence-corrected chi connectivity index (χ1v) is 13.8. The number of methoxy groups -OCH3 is 1. The lowest BCUT2D eigenvalue weighted by Gasteiger charge is -2.30. The number of carbonyl (C=O) groups is 1. The fraction of sp³-hybridized carbons (Fsp3) is 0.375. The van der Waals surface area contributed by atoms with Crippen LogP contribution in [0.15, 0.2) is 40.9 Å². The third-order valence-electron chi connectivity index (χ3n) is 5.06. The van der Waals surface area contributed by atoms with Gasteiger partial charge in [0.25, 0.3) is 15.9 Å². The zero-order chi connectivity index (χ0) is 26.1. The Morgan fingerprint density at radius 2 is 2.06 bits per heavy atom. The topological polar surface area (TPSA) is 113 Å². The minimum absolute atomic E-state index is 0.0581. The number of aryl methyl sites for hydroxylation is 1. The summed E-state index contributed by atoms with van der Waals surface area (Å²) in [5, 5.41) is 7.03. The fourth-order valence-electron chi connectivity index (χ4n) is 3.27. The first kappa shape index (κ1) is 27.2. The van der Waals surface area contributed by atoms with Gasteiger partial charge in [-0.2, -0.15) is 0 Å². The second-order valence-corrected chi connectivity index (χ2v) is 10.1. The molecule has 0 bridgehead atoms. The van der Waals surface area contributed by atoms with E-state index in [9.17, 15) is 13.2 Å².